The van der Waals surface area contributed by atoms with Gasteiger partial charge in [0.15, 0.2) is 0 Å². The molecule has 0 bridgehead atoms. The summed E-state index contributed by atoms with van der Waals surface area (Å²) in [5, 5.41) is 0.950. The lowest BCUT2D eigenvalue weighted by molar-refractivity contribution is -0.132. The summed E-state index contributed by atoms with van der Waals surface area (Å²) in [5.41, 5.74) is 1.39. The molecule has 0 fully saturated rings. The van der Waals surface area contributed by atoms with Crippen molar-refractivity contribution in [3.8, 4) is 5.75 Å². The van der Waals surface area contributed by atoms with Gasteiger partial charge in [0.05, 0.1) is 12.6 Å². The third-order valence-corrected chi connectivity index (χ3v) is 5.16. The minimum Gasteiger partial charge on any atom is -0.497 e. The van der Waals surface area contributed by atoms with Crippen molar-refractivity contribution in [2.45, 2.75) is 65.8 Å². The molecule has 5 heteroatoms. The van der Waals surface area contributed by atoms with Gasteiger partial charge in [0, 0.05) is 24.7 Å². The molecule has 0 N–H and O–H groups in total. The number of methoxy groups -OCH3 is 1. The maximum absolute atomic E-state index is 13.2. The summed E-state index contributed by atoms with van der Waals surface area (Å²) in [6, 6.07) is 7.62. The molecule has 154 valence electrons. The zero-order valence-electron chi connectivity index (χ0n) is 18.0. The highest BCUT2D eigenvalue weighted by Gasteiger charge is 2.18. The van der Waals surface area contributed by atoms with Crippen LogP contribution in [0.15, 0.2) is 29.1 Å². The summed E-state index contributed by atoms with van der Waals surface area (Å²) >= 11 is 0. The van der Waals surface area contributed by atoms with Crippen LogP contribution in [-0.4, -0.2) is 35.6 Å². The Morgan fingerprint density at radius 2 is 1.75 bits per heavy atom. The van der Waals surface area contributed by atoms with Gasteiger partial charge in [-0.2, -0.15) is 0 Å². The lowest BCUT2D eigenvalue weighted by atomic mass is 10.0. The van der Waals surface area contributed by atoms with E-state index in [2.05, 4.69) is 13.8 Å². The zero-order chi connectivity index (χ0) is 20.7. The van der Waals surface area contributed by atoms with Crippen LogP contribution in [-0.2, 0) is 11.3 Å². The van der Waals surface area contributed by atoms with Gasteiger partial charge in [0.1, 0.15) is 12.3 Å². The predicted molar refractivity (Wildman–Crippen MR) is 115 cm³/mol. The van der Waals surface area contributed by atoms with Crippen LogP contribution in [0.4, 0.5) is 0 Å². The van der Waals surface area contributed by atoms with E-state index >= 15 is 0 Å². The van der Waals surface area contributed by atoms with E-state index in [-0.39, 0.29) is 23.9 Å². The molecule has 0 unspecified atom stereocenters. The van der Waals surface area contributed by atoms with Gasteiger partial charge < -0.3 is 9.64 Å². The minimum absolute atomic E-state index is 0.00836. The average Bonchev–Trinajstić information content (AvgIpc) is 2.69. The summed E-state index contributed by atoms with van der Waals surface area (Å²) in [4.78, 5) is 28.2. The first-order valence-electron chi connectivity index (χ1n) is 10.4. The predicted octanol–water partition coefficient (Wildman–Crippen LogP) is 4.56. The molecular weight excluding hydrogens is 352 g/mol. The molecule has 0 aliphatic heterocycles. The van der Waals surface area contributed by atoms with Crippen LogP contribution in [0.1, 0.15) is 64.9 Å². The molecular formula is C23H34N2O3. The topological polar surface area (TPSA) is 51.5 Å². The Bertz CT molecular complexity index is 847. The first-order chi connectivity index (χ1) is 13.4. The molecule has 0 saturated heterocycles. The van der Waals surface area contributed by atoms with Crippen molar-refractivity contribution in [1.29, 1.82) is 0 Å². The summed E-state index contributed by atoms with van der Waals surface area (Å²) in [6.45, 7) is 9.82. The number of aromatic nitrogens is 1. The van der Waals surface area contributed by atoms with Crippen LogP contribution in [0.2, 0.25) is 0 Å². The number of carbonyl (C=O) groups excluding carboxylic acids is 1. The van der Waals surface area contributed by atoms with Gasteiger partial charge in [-0.3, -0.25) is 14.2 Å². The first-order valence-corrected chi connectivity index (χ1v) is 10.4. The summed E-state index contributed by atoms with van der Waals surface area (Å²) in [6.07, 6.45) is 4.04. The molecule has 2 rings (SSSR count). The molecule has 0 radical (unpaired) electrons. The van der Waals surface area contributed by atoms with E-state index in [1.807, 2.05) is 43.0 Å². The summed E-state index contributed by atoms with van der Waals surface area (Å²) < 4.78 is 6.97. The fourth-order valence-electron chi connectivity index (χ4n) is 3.37. The van der Waals surface area contributed by atoms with E-state index < -0.39 is 0 Å². The highest BCUT2D eigenvalue weighted by atomic mass is 16.5. The molecule has 2 aromatic rings. The molecule has 28 heavy (non-hydrogen) atoms. The van der Waals surface area contributed by atoms with Gasteiger partial charge in [-0.25, -0.2) is 0 Å². The van der Waals surface area contributed by atoms with E-state index in [0.717, 1.165) is 55.2 Å². The molecule has 0 saturated carbocycles. The monoisotopic (exact) mass is 386 g/mol. The number of benzene rings is 1. The third-order valence-electron chi connectivity index (χ3n) is 5.16. The molecule has 0 atom stereocenters. The molecule has 0 spiro atoms. The van der Waals surface area contributed by atoms with E-state index in [1.54, 1.807) is 11.7 Å². The average molecular weight is 387 g/mol. The Labute approximate surface area is 168 Å². The lowest BCUT2D eigenvalue weighted by Crippen LogP contribution is -2.38. The van der Waals surface area contributed by atoms with Gasteiger partial charge in [0.2, 0.25) is 5.91 Å². The second-order valence-electron chi connectivity index (χ2n) is 7.66. The van der Waals surface area contributed by atoms with Gasteiger partial charge >= 0.3 is 0 Å². The maximum Gasteiger partial charge on any atom is 0.254 e. The number of ether oxygens (including phenoxy) is 1. The summed E-state index contributed by atoms with van der Waals surface area (Å²) in [5.74, 6) is 0.782. The van der Waals surface area contributed by atoms with Crippen LogP contribution in [0.25, 0.3) is 10.9 Å². The highest BCUT2D eigenvalue weighted by molar-refractivity contribution is 5.84. The van der Waals surface area contributed by atoms with Crippen LogP contribution in [0, 0.1) is 0 Å². The van der Waals surface area contributed by atoms with Crippen molar-refractivity contribution < 1.29 is 9.53 Å². The molecule has 5 nitrogen and oxygen atoms in total. The fourth-order valence-corrected chi connectivity index (χ4v) is 3.37. The number of nitrogens with zero attached hydrogens (tertiary/aromatic N) is 2. The van der Waals surface area contributed by atoms with Gasteiger partial charge in [-0.15, -0.1) is 0 Å². The quantitative estimate of drug-likeness (QED) is 0.601. The minimum atomic E-state index is -0.0879. The molecule has 1 aromatic heterocycles. The van der Waals surface area contributed by atoms with E-state index in [0.29, 0.717) is 5.75 Å². The van der Waals surface area contributed by atoms with Gasteiger partial charge in [-0.1, -0.05) is 40.5 Å². The van der Waals surface area contributed by atoms with Crippen LogP contribution in [0.3, 0.4) is 0 Å². The molecule has 0 aliphatic carbocycles. The van der Waals surface area contributed by atoms with Crippen LogP contribution < -0.4 is 10.3 Å². The molecule has 0 aliphatic rings. The van der Waals surface area contributed by atoms with Gasteiger partial charge in [0.25, 0.3) is 5.56 Å². The van der Waals surface area contributed by atoms with E-state index in [9.17, 15) is 9.59 Å². The molecule has 1 amide bonds. The second-order valence-corrected chi connectivity index (χ2v) is 7.66. The Hall–Kier alpha value is -2.30. The van der Waals surface area contributed by atoms with Crippen LogP contribution in [0.5, 0.6) is 5.75 Å². The Morgan fingerprint density at radius 3 is 2.29 bits per heavy atom. The smallest absolute Gasteiger partial charge is 0.254 e. The van der Waals surface area contributed by atoms with E-state index in [1.165, 1.54) is 0 Å². The third kappa shape index (κ3) is 5.15. The van der Waals surface area contributed by atoms with Crippen molar-refractivity contribution in [1.82, 2.24) is 9.47 Å². The number of pyridine rings is 1. The second kappa shape index (κ2) is 10.3. The number of unbranched alkanes of at least 4 members (excludes halogenated alkanes) is 2. The molecule has 1 heterocycles. The van der Waals surface area contributed by atoms with Crippen molar-refractivity contribution in [2.75, 3.05) is 20.2 Å². The largest absolute Gasteiger partial charge is 0.497 e. The normalized spacial score (nSPS) is 11.2. The fraction of sp³-hybridized carbons (Fsp3) is 0.565. The number of carbonyl (C=O) groups is 1. The summed E-state index contributed by atoms with van der Waals surface area (Å²) in [7, 11) is 1.61. The number of hydrogen-bond donors (Lipinski definition) is 0. The van der Waals surface area contributed by atoms with Gasteiger partial charge in [-0.05, 0) is 42.3 Å². The van der Waals surface area contributed by atoms with Crippen LogP contribution >= 0.6 is 0 Å². The van der Waals surface area contributed by atoms with E-state index in [4.69, 9.17) is 4.74 Å². The zero-order valence-corrected chi connectivity index (χ0v) is 18.0. The number of fused-ring (bicyclic) bond motifs is 1. The highest BCUT2D eigenvalue weighted by Crippen LogP contribution is 2.23. The standard InChI is InChI=1S/C23H34N2O3/c1-6-8-12-24(13-9-7-2)22(26)16-25-21-15-19(28-5)11-10-18(21)14-20(17(3)4)23(25)27/h10-11,14-15,17H,6-9,12-13,16H2,1-5H3. The number of amides is 1. The lowest BCUT2D eigenvalue weighted by Gasteiger charge is -2.24. The Balaban J connectivity index is 2.48. The maximum atomic E-state index is 13.2. The number of hydrogen-bond acceptors (Lipinski definition) is 3. The SMILES string of the molecule is CCCCN(CCCC)C(=O)Cn1c(=O)c(C(C)C)cc2ccc(OC)cc21. The number of rotatable bonds is 10. The van der Waals surface area contributed by atoms with Crippen molar-refractivity contribution in [2.24, 2.45) is 0 Å². The Kier molecular flexibility index (Phi) is 8.09. The van der Waals surface area contributed by atoms with Crippen molar-refractivity contribution in [3.63, 3.8) is 0 Å². The Morgan fingerprint density at radius 1 is 1.11 bits per heavy atom. The first kappa shape index (κ1) is 22.0. The van der Waals surface area contributed by atoms with Crippen molar-refractivity contribution in [3.05, 3.63) is 40.2 Å². The van der Waals surface area contributed by atoms with Crippen molar-refractivity contribution >= 4 is 16.8 Å². The molecule has 1 aromatic carbocycles.